The first-order valence-corrected chi connectivity index (χ1v) is 6.17. The van der Waals surface area contributed by atoms with Crippen LogP contribution in [0.5, 0.6) is 0 Å². The zero-order valence-electron chi connectivity index (χ0n) is 10.2. The Bertz CT molecular complexity index is 256. The second-order valence-electron chi connectivity index (χ2n) is 3.89. The number of carbonyl (C=O) groups is 1. The summed E-state index contributed by atoms with van der Waals surface area (Å²) in [7, 11) is 0. The van der Waals surface area contributed by atoms with E-state index in [9.17, 15) is 4.79 Å². The molecule has 0 aliphatic heterocycles. The molecule has 0 aliphatic rings. The lowest BCUT2D eigenvalue weighted by Gasteiger charge is -1.98. The van der Waals surface area contributed by atoms with E-state index in [4.69, 9.17) is 5.11 Å². The van der Waals surface area contributed by atoms with Gasteiger partial charge in [-0.1, -0.05) is 57.4 Å². The van der Waals surface area contributed by atoms with Crippen LogP contribution in [0.3, 0.4) is 0 Å². The fraction of sp³-hybridized carbons (Fsp3) is 0.643. The van der Waals surface area contributed by atoms with Gasteiger partial charge in [0.25, 0.3) is 0 Å². The molecule has 0 aromatic carbocycles. The third-order valence-electron chi connectivity index (χ3n) is 2.35. The van der Waals surface area contributed by atoms with E-state index < -0.39 is 5.97 Å². The highest BCUT2D eigenvalue weighted by molar-refractivity contribution is 5.86. The van der Waals surface area contributed by atoms with Crippen molar-refractivity contribution in [1.82, 2.24) is 0 Å². The summed E-state index contributed by atoms with van der Waals surface area (Å²) in [6, 6.07) is 0. The monoisotopic (exact) mass is 222 g/mol. The topological polar surface area (TPSA) is 37.3 Å². The van der Waals surface area contributed by atoms with Crippen LogP contribution in [0.4, 0.5) is 0 Å². The maximum Gasteiger partial charge on any atom is 0.382 e. The Morgan fingerprint density at radius 1 is 1.12 bits per heavy atom. The van der Waals surface area contributed by atoms with Crippen LogP contribution in [0.15, 0.2) is 12.2 Å². The number of unbranched alkanes of at least 4 members (excludes halogenated alkanes) is 7. The average Bonchev–Trinajstić information content (AvgIpc) is 2.25. The lowest BCUT2D eigenvalue weighted by Crippen LogP contribution is -1.85. The first kappa shape index (κ1) is 14.8. The summed E-state index contributed by atoms with van der Waals surface area (Å²) in [5.74, 6) is 3.46. The molecular weight excluding hydrogens is 200 g/mol. The van der Waals surface area contributed by atoms with Gasteiger partial charge < -0.3 is 5.11 Å². The van der Waals surface area contributed by atoms with Crippen molar-refractivity contribution in [2.24, 2.45) is 0 Å². The largest absolute Gasteiger partial charge is 0.472 e. The summed E-state index contributed by atoms with van der Waals surface area (Å²) < 4.78 is 0. The first-order valence-electron chi connectivity index (χ1n) is 6.17. The Labute approximate surface area is 98.7 Å². The molecule has 0 saturated heterocycles. The van der Waals surface area contributed by atoms with Gasteiger partial charge in [-0.2, -0.15) is 0 Å². The van der Waals surface area contributed by atoms with Crippen molar-refractivity contribution in [2.75, 3.05) is 0 Å². The number of allylic oxidation sites excluding steroid dienone is 2. The molecular formula is C14H22O2. The van der Waals surface area contributed by atoms with Crippen LogP contribution in [-0.2, 0) is 4.79 Å². The Morgan fingerprint density at radius 3 is 2.38 bits per heavy atom. The van der Waals surface area contributed by atoms with E-state index in [0.717, 1.165) is 6.42 Å². The number of hydrogen-bond donors (Lipinski definition) is 1. The molecule has 0 aromatic heterocycles. The zero-order chi connectivity index (χ0) is 12.1. The van der Waals surface area contributed by atoms with E-state index >= 15 is 0 Å². The van der Waals surface area contributed by atoms with E-state index in [2.05, 4.69) is 18.8 Å². The zero-order valence-corrected chi connectivity index (χ0v) is 10.2. The molecule has 0 fully saturated rings. The van der Waals surface area contributed by atoms with Crippen molar-refractivity contribution in [2.45, 2.75) is 58.3 Å². The summed E-state index contributed by atoms with van der Waals surface area (Å²) in [4.78, 5) is 10.1. The lowest BCUT2D eigenvalue weighted by molar-refractivity contribution is -0.130. The highest BCUT2D eigenvalue weighted by atomic mass is 16.4. The molecule has 0 amide bonds. The predicted molar refractivity (Wildman–Crippen MR) is 67.2 cm³/mol. The maximum atomic E-state index is 10.1. The van der Waals surface area contributed by atoms with Gasteiger partial charge in [0.15, 0.2) is 0 Å². The fourth-order valence-corrected chi connectivity index (χ4v) is 1.46. The first-order chi connectivity index (χ1) is 7.77. The van der Waals surface area contributed by atoms with Crippen LogP contribution in [0.25, 0.3) is 0 Å². The Balaban J connectivity index is 3.21. The summed E-state index contributed by atoms with van der Waals surface area (Å²) in [5, 5.41) is 8.25. The number of hydrogen-bond acceptors (Lipinski definition) is 1. The molecule has 0 spiro atoms. The number of aliphatic carboxylic acids is 1. The molecule has 0 heterocycles. The normalized spacial score (nSPS) is 10.1. The van der Waals surface area contributed by atoms with Crippen molar-refractivity contribution in [3.8, 4) is 11.8 Å². The molecule has 0 aromatic rings. The standard InChI is InChI=1S/C14H22O2/c1-2-3-4-5-6-7-8-9-10-11-12-13-14(15)16/h10-11H,2-9H2,1H3,(H,15,16). The SMILES string of the molecule is CCCCCCCCCC=CC#CC(=O)O. The molecule has 0 unspecified atom stereocenters. The van der Waals surface area contributed by atoms with Crippen LogP contribution >= 0.6 is 0 Å². The van der Waals surface area contributed by atoms with Crippen LogP contribution in [-0.4, -0.2) is 11.1 Å². The van der Waals surface area contributed by atoms with Crippen LogP contribution in [0, 0.1) is 11.8 Å². The second-order valence-corrected chi connectivity index (χ2v) is 3.89. The van der Waals surface area contributed by atoms with Crippen molar-refractivity contribution < 1.29 is 9.90 Å². The Hall–Kier alpha value is -1.23. The minimum atomic E-state index is -1.07. The van der Waals surface area contributed by atoms with E-state index in [1.807, 2.05) is 6.08 Å². The van der Waals surface area contributed by atoms with Crippen LogP contribution < -0.4 is 0 Å². The van der Waals surface area contributed by atoms with Crippen LogP contribution in [0.2, 0.25) is 0 Å². The van der Waals surface area contributed by atoms with E-state index in [0.29, 0.717) is 0 Å². The molecule has 0 radical (unpaired) electrons. The minimum Gasteiger partial charge on any atom is -0.472 e. The second kappa shape index (κ2) is 11.8. The van der Waals surface area contributed by atoms with Gasteiger partial charge in [0.2, 0.25) is 0 Å². The van der Waals surface area contributed by atoms with Gasteiger partial charge in [-0.05, 0) is 18.9 Å². The summed E-state index contributed by atoms with van der Waals surface area (Å²) in [6.07, 6.45) is 13.7. The maximum absolute atomic E-state index is 10.1. The van der Waals surface area contributed by atoms with Gasteiger partial charge in [0.05, 0.1) is 0 Å². The molecule has 0 aliphatic carbocycles. The summed E-state index contributed by atoms with van der Waals surface area (Å²) >= 11 is 0. The van der Waals surface area contributed by atoms with Gasteiger partial charge in [0, 0.05) is 5.92 Å². The lowest BCUT2D eigenvalue weighted by atomic mass is 10.1. The molecule has 16 heavy (non-hydrogen) atoms. The van der Waals surface area contributed by atoms with Gasteiger partial charge in [-0.15, -0.1) is 0 Å². The molecule has 0 bridgehead atoms. The predicted octanol–water partition coefficient (Wildman–Crippen LogP) is 3.77. The fourth-order valence-electron chi connectivity index (χ4n) is 1.46. The van der Waals surface area contributed by atoms with Gasteiger partial charge in [0.1, 0.15) is 0 Å². The third-order valence-corrected chi connectivity index (χ3v) is 2.35. The Morgan fingerprint density at radius 2 is 1.75 bits per heavy atom. The van der Waals surface area contributed by atoms with Crippen molar-refractivity contribution >= 4 is 5.97 Å². The molecule has 2 nitrogen and oxygen atoms in total. The van der Waals surface area contributed by atoms with E-state index in [-0.39, 0.29) is 0 Å². The van der Waals surface area contributed by atoms with Crippen LogP contribution in [0.1, 0.15) is 58.3 Å². The van der Waals surface area contributed by atoms with Gasteiger partial charge >= 0.3 is 5.97 Å². The highest BCUT2D eigenvalue weighted by Crippen LogP contribution is 2.08. The average molecular weight is 222 g/mol. The number of carboxylic acid groups (broad SMARTS) is 1. The van der Waals surface area contributed by atoms with Crippen molar-refractivity contribution in [3.05, 3.63) is 12.2 Å². The number of rotatable bonds is 8. The van der Waals surface area contributed by atoms with E-state index in [1.54, 1.807) is 6.08 Å². The van der Waals surface area contributed by atoms with Gasteiger partial charge in [-0.25, -0.2) is 4.79 Å². The van der Waals surface area contributed by atoms with Crippen molar-refractivity contribution in [3.63, 3.8) is 0 Å². The summed E-state index contributed by atoms with van der Waals surface area (Å²) in [6.45, 7) is 2.23. The molecule has 90 valence electrons. The smallest absolute Gasteiger partial charge is 0.382 e. The highest BCUT2D eigenvalue weighted by Gasteiger charge is 1.88. The van der Waals surface area contributed by atoms with Crippen molar-refractivity contribution in [1.29, 1.82) is 0 Å². The van der Waals surface area contributed by atoms with Gasteiger partial charge in [-0.3, -0.25) is 0 Å². The number of carboxylic acids is 1. The minimum absolute atomic E-state index is 1.00. The molecule has 0 saturated carbocycles. The Kier molecular flexibility index (Phi) is 10.9. The summed E-state index contributed by atoms with van der Waals surface area (Å²) in [5.41, 5.74) is 0. The third kappa shape index (κ3) is 12.8. The molecule has 1 N–H and O–H groups in total. The molecule has 0 rings (SSSR count). The molecule has 2 heteroatoms. The quantitative estimate of drug-likeness (QED) is 0.501. The molecule has 0 atom stereocenters. The van der Waals surface area contributed by atoms with E-state index in [1.165, 1.54) is 44.9 Å².